The fourth-order valence-corrected chi connectivity index (χ4v) is 0.951. The van der Waals surface area contributed by atoms with Crippen LogP contribution in [0.25, 0.3) is 0 Å². The maximum absolute atomic E-state index is 4.10. The SMILES string of the molecule is C1=C[N+]2NCCC2=N1. The van der Waals surface area contributed by atoms with E-state index in [0.29, 0.717) is 0 Å². The molecule has 3 heteroatoms. The molecule has 1 radical (unpaired) electrons. The van der Waals surface area contributed by atoms with Gasteiger partial charge in [0.1, 0.15) is 0 Å². The van der Waals surface area contributed by atoms with Crippen LogP contribution >= 0.6 is 0 Å². The fourth-order valence-electron chi connectivity index (χ4n) is 0.951. The number of amidine groups is 1. The molecule has 2 heterocycles. The monoisotopic (exact) mass is 109 g/mol. The van der Waals surface area contributed by atoms with Crippen molar-refractivity contribution in [3.05, 3.63) is 12.4 Å². The summed E-state index contributed by atoms with van der Waals surface area (Å²) in [5.41, 5.74) is 3.13. The normalized spacial score (nSPS) is 26.2. The summed E-state index contributed by atoms with van der Waals surface area (Å²) in [6.07, 6.45) is 4.80. The summed E-state index contributed by atoms with van der Waals surface area (Å²) >= 11 is 0. The molecule has 2 aliphatic heterocycles. The van der Waals surface area contributed by atoms with Crippen molar-refractivity contribution in [1.82, 2.24) is 10.4 Å². The van der Waals surface area contributed by atoms with Crippen LogP contribution < -0.4 is 10.4 Å². The smallest absolute Gasteiger partial charge is 0.197 e. The average Bonchev–Trinajstić information content (AvgIpc) is 2.15. The molecule has 2 aliphatic rings. The van der Waals surface area contributed by atoms with Gasteiger partial charge < -0.3 is 0 Å². The van der Waals surface area contributed by atoms with Gasteiger partial charge in [-0.25, -0.2) is 0 Å². The highest BCUT2D eigenvalue weighted by molar-refractivity contribution is 5.89. The van der Waals surface area contributed by atoms with Crippen LogP contribution in [0.3, 0.4) is 0 Å². The summed E-state index contributed by atoms with van der Waals surface area (Å²) in [5, 5.41) is 1.96. The summed E-state index contributed by atoms with van der Waals surface area (Å²) in [5.74, 6) is 1.14. The standard InChI is InChI=1S/C5H7N3/c1-2-7-8-4-3-6-5(1)8/h3-4,7H,1-2H2/q+1. The Balaban J connectivity index is 2.29. The number of hydrazine groups is 1. The quantitative estimate of drug-likeness (QED) is 0.433. The number of hydrogen-bond donors (Lipinski definition) is 1. The first-order chi connectivity index (χ1) is 3.97. The molecule has 0 aromatic heterocycles. The largest absolute Gasteiger partial charge is 0.280 e. The van der Waals surface area contributed by atoms with Gasteiger partial charge in [-0.3, -0.25) is 0 Å². The van der Waals surface area contributed by atoms with Crippen LogP contribution in [0.2, 0.25) is 0 Å². The van der Waals surface area contributed by atoms with Crippen LogP contribution in [0, 0.1) is 0 Å². The third-order valence-electron chi connectivity index (χ3n) is 1.35. The van der Waals surface area contributed by atoms with E-state index >= 15 is 0 Å². The van der Waals surface area contributed by atoms with Gasteiger partial charge in [0.05, 0.1) is 19.2 Å². The van der Waals surface area contributed by atoms with Gasteiger partial charge in [0.2, 0.25) is 0 Å². The number of aliphatic imine (C=N–C) groups is 1. The minimum atomic E-state index is 1.03. The van der Waals surface area contributed by atoms with E-state index in [0.717, 1.165) is 18.8 Å². The minimum absolute atomic E-state index is 1.03. The first-order valence-corrected chi connectivity index (χ1v) is 2.73. The summed E-state index contributed by atoms with van der Waals surface area (Å²) < 4.78 is 0. The van der Waals surface area contributed by atoms with Crippen LogP contribution in [-0.2, 0) is 0 Å². The molecule has 0 bridgehead atoms. The van der Waals surface area contributed by atoms with E-state index in [4.69, 9.17) is 0 Å². The molecule has 2 rings (SSSR count). The first-order valence-electron chi connectivity index (χ1n) is 2.73. The van der Waals surface area contributed by atoms with Gasteiger partial charge in [0.25, 0.3) is 5.84 Å². The second-order valence-corrected chi connectivity index (χ2v) is 1.87. The Bertz CT molecular complexity index is 159. The van der Waals surface area contributed by atoms with Gasteiger partial charge >= 0.3 is 0 Å². The lowest BCUT2D eigenvalue weighted by molar-refractivity contribution is 0.602. The molecular weight excluding hydrogens is 102 g/mol. The zero-order chi connectivity index (χ0) is 5.40. The molecule has 3 nitrogen and oxygen atoms in total. The van der Waals surface area contributed by atoms with Gasteiger partial charge in [-0.15, -0.1) is 5.43 Å². The molecule has 0 atom stereocenters. The Labute approximate surface area is 47.7 Å². The third kappa shape index (κ3) is 0.425. The molecule has 1 N–H and O–H groups in total. The summed E-state index contributed by atoms with van der Waals surface area (Å²) in [6, 6.07) is 0. The molecule has 41 valence electrons. The van der Waals surface area contributed by atoms with Crippen molar-refractivity contribution < 1.29 is 0 Å². The molecule has 0 aromatic carbocycles. The predicted octanol–water partition coefficient (Wildman–Crippen LogP) is -0.0819. The molecule has 8 heavy (non-hydrogen) atoms. The molecule has 0 unspecified atom stereocenters. The molecule has 0 aromatic rings. The van der Waals surface area contributed by atoms with E-state index in [1.54, 1.807) is 0 Å². The van der Waals surface area contributed by atoms with E-state index in [2.05, 4.69) is 10.4 Å². The number of fused-ring (bicyclic) bond motifs is 1. The third-order valence-corrected chi connectivity index (χ3v) is 1.35. The highest BCUT2D eigenvalue weighted by atomic mass is 15.5. The van der Waals surface area contributed by atoms with Crippen LogP contribution in [0.5, 0.6) is 0 Å². The van der Waals surface area contributed by atoms with Crippen molar-refractivity contribution in [2.24, 2.45) is 4.99 Å². The van der Waals surface area contributed by atoms with Crippen LogP contribution in [0.1, 0.15) is 6.42 Å². The predicted molar refractivity (Wildman–Crippen MR) is 31.3 cm³/mol. The second-order valence-electron chi connectivity index (χ2n) is 1.87. The number of nitrogens with one attached hydrogen (secondary N) is 1. The van der Waals surface area contributed by atoms with Crippen molar-refractivity contribution in [2.45, 2.75) is 6.42 Å². The topological polar surface area (TPSA) is 30.3 Å². The molecule has 0 amide bonds. The minimum Gasteiger partial charge on any atom is -0.197 e. The number of hydrogen-bond acceptors (Lipinski definition) is 3. The molecule has 0 saturated carbocycles. The van der Waals surface area contributed by atoms with Crippen LogP contribution in [0.15, 0.2) is 17.4 Å². The Morgan fingerprint density at radius 3 is 3.62 bits per heavy atom. The van der Waals surface area contributed by atoms with Crippen molar-refractivity contribution in [3.8, 4) is 0 Å². The average molecular weight is 109 g/mol. The van der Waals surface area contributed by atoms with Crippen molar-refractivity contribution in [1.29, 1.82) is 0 Å². The molecule has 1 fully saturated rings. The van der Waals surface area contributed by atoms with E-state index < -0.39 is 0 Å². The van der Waals surface area contributed by atoms with E-state index in [-0.39, 0.29) is 0 Å². The maximum atomic E-state index is 4.10. The van der Waals surface area contributed by atoms with Crippen molar-refractivity contribution in [2.75, 3.05) is 6.54 Å². The first kappa shape index (κ1) is 4.23. The molecule has 0 spiro atoms. The summed E-state index contributed by atoms with van der Waals surface area (Å²) in [6.45, 7) is 1.03. The van der Waals surface area contributed by atoms with Crippen LogP contribution in [-0.4, -0.2) is 12.4 Å². The van der Waals surface area contributed by atoms with E-state index in [9.17, 15) is 0 Å². The number of nitrogens with zero attached hydrogens (tertiary/aromatic N) is 2. The van der Waals surface area contributed by atoms with E-state index in [1.807, 2.05) is 17.4 Å². The van der Waals surface area contributed by atoms with Gasteiger partial charge in [-0.05, 0) is 0 Å². The van der Waals surface area contributed by atoms with Gasteiger partial charge in [0.15, 0.2) is 6.20 Å². The lowest BCUT2D eigenvalue weighted by Gasteiger charge is -1.86. The summed E-state index contributed by atoms with van der Waals surface area (Å²) in [4.78, 5) is 4.10. The van der Waals surface area contributed by atoms with Gasteiger partial charge in [0, 0.05) is 5.01 Å². The van der Waals surface area contributed by atoms with Gasteiger partial charge in [-0.2, -0.15) is 4.99 Å². The fraction of sp³-hybridized carbons (Fsp3) is 0.400. The Morgan fingerprint density at radius 1 is 1.75 bits per heavy atom. The lowest BCUT2D eigenvalue weighted by atomic mass is 10.4. The number of rotatable bonds is 0. The van der Waals surface area contributed by atoms with Gasteiger partial charge in [-0.1, -0.05) is 0 Å². The highest BCUT2D eigenvalue weighted by Crippen LogP contribution is 2.04. The van der Waals surface area contributed by atoms with Crippen molar-refractivity contribution >= 4 is 5.84 Å². The molecule has 0 aliphatic carbocycles. The Kier molecular flexibility index (Phi) is 0.741. The lowest BCUT2D eigenvalue weighted by Crippen LogP contribution is -2.32. The van der Waals surface area contributed by atoms with Crippen LogP contribution in [0.4, 0.5) is 0 Å². The van der Waals surface area contributed by atoms with Crippen molar-refractivity contribution in [3.63, 3.8) is 0 Å². The second kappa shape index (κ2) is 1.40. The summed E-state index contributed by atoms with van der Waals surface area (Å²) in [7, 11) is 0. The zero-order valence-corrected chi connectivity index (χ0v) is 4.46. The Hall–Kier alpha value is -0.670. The Morgan fingerprint density at radius 2 is 2.75 bits per heavy atom. The maximum Gasteiger partial charge on any atom is 0.280 e. The zero-order valence-electron chi connectivity index (χ0n) is 4.46. The molecular formula is C5H7N3+. The molecule has 1 saturated heterocycles. The highest BCUT2D eigenvalue weighted by Gasteiger charge is 2.31. The van der Waals surface area contributed by atoms with E-state index in [1.165, 1.54) is 0 Å².